The van der Waals surface area contributed by atoms with Gasteiger partial charge in [-0.1, -0.05) is 29.8 Å². The van der Waals surface area contributed by atoms with Gasteiger partial charge in [-0.05, 0) is 56.2 Å². The van der Waals surface area contributed by atoms with E-state index in [9.17, 15) is 9.59 Å². The van der Waals surface area contributed by atoms with Crippen LogP contribution < -0.4 is 10.1 Å². The molecular weight excluding hydrogens is 342 g/mol. The highest BCUT2D eigenvalue weighted by molar-refractivity contribution is 6.33. The number of hydrogen-bond donors (Lipinski definition) is 1. The molecule has 2 aromatic carbocycles. The summed E-state index contributed by atoms with van der Waals surface area (Å²) >= 11 is 6.05. The van der Waals surface area contributed by atoms with Crippen LogP contribution in [-0.2, 0) is 14.3 Å². The van der Waals surface area contributed by atoms with E-state index in [-0.39, 0.29) is 0 Å². The van der Waals surface area contributed by atoms with Crippen molar-refractivity contribution < 1.29 is 19.1 Å². The van der Waals surface area contributed by atoms with Gasteiger partial charge in [-0.15, -0.1) is 0 Å². The molecule has 1 N–H and O–H groups in total. The van der Waals surface area contributed by atoms with Gasteiger partial charge in [0.2, 0.25) is 0 Å². The molecule has 5 nitrogen and oxygen atoms in total. The molecule has 0 radical (unpaired) electrons. The number of carbonyl (C=O) groups is 2. The minimum absolute atomic E-state index is 0.412. The number of ether oxygens (including phenoxy) is 2. The number of esters is 1. The van der Waals surface area contributed by atoms with E-state index in [1.807, 2.05) is 38.1 Å². The Bertz CT molecular complexity index is 776. The molecule has 0 fully saturated rings. The van der Waals surface area contributed by atoms with Crippen molar-refractivity contribution in [1.29, 1.82) is 0 Å². The van der Waals surface area contributed by atoms with E-state index < -0.39 is 24.6 Å². The molecule has 25 heavy (non-hydrogen) atoms. The third kappa shape index (κ3) is 5.80. The second-order valence-corrected chi connectivity index (χ2v) is 6.12. The number of nitrogens with one attached hydrogen (secondary N) is 1. The van der Waals surface area contributed by atoms with Crippen LogP contribution in [0.4, 0.5) is 5.69 Å². The minimum atomic E-state index is -0.822. The zero-order valence-electron chi connectivity index (χ0n) is 14.3. The van der Waals surface area contributed by atoms with Gasteiger partial charge in [-0.3, -0.25) is 4.79 Å². The Morgan fingerprint density at radius 3 is 2.52 bits per heavy atom. The summed E-state index contributed by atoms with van der Waals surface area (Å²) in [5, 5.41) is 3.03. The fourth-order valence-electron chi connectivity index (χ4n) is 2.10. The molecule has 0 bridgehead atoms. The lowest BCUT2D eigenvalue weighted by molar-refractivity contribution is -0.153. The first-order valence-electron chi connectivity index (χ1n) is 7.81. The third-order valence-electron chi connectivity index (χ3n) is 3.38. The molecule has 0 aliphatic heterocycles. The Hall–Kier alpha value is -2.53. The summed E-state index contributed by atoms with van der Waals surface area (Å²) in [6.07, 6.45) is -0.822. The van der Waals surface area contributed by atoms with E-state index in [0.29, 0.717) is 16.5 Å². The zero-order chi connectivity index (χ0) is 18.4. The number of hydrogen-bond acceptors (Lipinski definition) is 4. The van der Waals surface area contributed by atoms with Crippen molar-refractivity contribution in [2.45, 2.75) is 26.9 Å². The number of anilines is 1. The second-order valence-electron chi connectivity index (χ2n) is 5.72. The van der Waals surface area contributed by atoms with Crippen LogP contribution in [0.25, 0.3) is 0 Å². The Labute approximate surface area is 151 Å². The van der Waals surface area contributed by atoms with Gasteiger partial charge in [0.05, 0.1) is 10.7 Å². The van der Waals surface area contributed by atoms with Crippen molar-refractivity contribution in [3.05, 3.63) is 58.6 Å². The van der Waals surface area contributed by atoms with Crippen molar-refractivity contribution in [2.75, 3.05) is 11.9 Å². The Kier molecular flexibility index (Phi) is 6.42. The van der Waals surface area contributed by atoms with E-state index in [4.69, 9.17) is 21.1 Å². The van der Waals surface area contributed by atoms with Crippen molar-refractivity contribution in [2.24, 2.45) is 0 Å². The lowest BCUT2D eigenvalue weighted by Crippen LogP contribution is -2.29. The predicted molar refractivity (Wildman–Crippen MR) is 97.0 cm³/mol. The van der Waals surface area contributed by atoms with E-state index in [1.165, 1.54) is 0 Å². The molecule has 0 unspecified atom stereocenters. The first-order chi connectivity index (χ1) is 11.8. The average molecular weight is 362 g/mol. The standard InChI is InChI=1S/C19H20ClNO4/c1-12-5-4-6-15(9-12)25-14(3)19(23)24-11-18(22)21-17-8-7-13(2)10-16(17)20/h4-10,14H,11H2,1-3H3,(H,21,22)/t14-/m0/s1. The number of amides is 1. The molecule has 2 rings (SSSR count). The lowest BCUT2D eigenvalue weighted by atomic mass is 10.2. The first kappa shape index (κ1) is 18.8. The van der Waals surface area contributed by atoms with Crippen molar-refractivity contribution in [1.82, 2.24) is 0 Å². The molecule has 1 amide bonds. The van der Waals surface area contributed by atoms with Crippen molar-refractivity contribution in [3.8, 4) is 5.75 Å². The fourth-order valence-corrected chi connectivity index (χ4v) is 2.39. The van der Waals surface area contributed by atoms with Crippen LogP contribution >= 0.6 is 11.6 Å². The van der Waals surface area contributed by atoms with Gasteiger partial charge >= 0.3 is 5.97 Å². The fraction of sp³-hybridized carbons (Fsp3) is 0.263. The molecule has 132 valence electrons. The van der Waals surface area contributed by atoms with E-state index in [1.54, 1.807) is 25.1 Å². The smallest absolute Gasteiger partial charge is 0.347 e. The highest BCUT2D eigenvalue weighted by atomic mass is 35.5. The van der Waals surface area contributed by atoms with Crippen LogP contribution in [0.2, 0.25) is 5.02 Å². The summed E-state index contributed by atoms with van der Waals surface area (Å²) < 4.78 is 10.5. The van der Waals surface area contributed by atoms with Crippen LogP contribution in [0, 0.1) is 13.8 Å². The van der Waals surface area contributed by atoms with E-state index >= 15 is 0 Å². The maximum atomic E-state index is 11.9. The van der Waals surface area contributed by atoms with Crippen LogP contribution in [0.15, 0.2) is 42.5 Å². The summed E-state index contributed by atoms with van der Waals surface area (Å²) in [6.45, 7) is 4.98. The van der Waals surface area contributed by atoms with Gasteiger partial charge in [0, 0.05) is 0 Å². The summed E-state index contributed by atoms with van der Waals surface area (Å²) in [4.78, 5) is 23.8. The molecule has 0 aliphatic rings. The normalized spacial score (nSPS) is 11.5. The quantitative estimate of drug-likeness (QED) is 0.792. The summed E-state index contributed by atoms with van der Waals surface area (Å²) in [5.74, 6) is -0.520. The SMILES string of the molecule is Cc1cccc(O[C@@H](C)C(=O)OCC(=O)Nc2ccc(C)cc2Cl)c1. The van der Waals surface area contributed by atoms with Crippen LogP contribution in [0.5, 0.6) is 5.75 Å². The van der Waals surface area contributed by atoms with Crippen LogP contribution in [-0.4, -0.2) is 24.6 Å². The lowest BCUT2D eigenvalue weighted by Gasteiger charge is -2.14. The highest BCUT2D eigenvalue weighted by Gasteiger charge is 2.18. The first-order valence-corrected chi connectivity index (χ1v) is 8.19. The molecule has 0 heterocycles. The summed E-state index contributed by atoms with van der Waals surface area (Å²) in [7, 11) is 0. The molecule has 2 aromatic rings. The minimum Gasteiger partial charge on any atom is -0.479 e. The molecule has 0 saturated heterocycles. The van der Waals surface area contributed by atoms with Gasteiger partial charge in [-0.2, -0.15) is 0 Å². The second kappa shape index (κ2) is 8.53. The molecule has 0 aliphatic carbocycles. The summed E-state index contributed by atoms with van der Waals surface area (Å²) in [6, 6.07) is 12.6. The average Bonchev–Trinajstić information content (AvgIpc) is 2.55. The van der Waals surface area contributed by atoms with Gasteiger partial charge in [0.15, 0.2) is 12.7 Å². The Morgan fingerprint density at radius 1 is 1.12 bits per heavy atom. The van der Waals surface area contributed by atoms with Crippen molar-refractivity contribution >= 4 is 29.2 Å². The molecule has 6 heteroatoms. The van der Waals surface area contributed by atoms with Crippen LogP contribution in [0.3, 0.4) is 0 Å². The topological polar surface area (TPSA) is 64.6 Å². The molecule has 0 saturated carbocycles. The predicted octanol–water partition coefficient (Wildman–Crippen LogP) is 3.91. The van der Waals surface area contributed by atoms with E-state index in [2.05, 4.69) is 5.32 Å². The number of carbonyl (C=O) groups excluding carboxylic acids is 2. The Morgan fingerprint density at radius 2 is 1.84 bits per heavy atom. The molecule has 0 aromatic heterocycles. The number of halogens is 1. The largest absolute Gasteiger partial charge is 0.479 e. The number of benzene rings is 2. The zero-order valence-corrected chi connectivity index (χ0v) is 15.1. The third-order valence-corrected chi connectivity index (χ3v) is 3.69. The van der Waals surface area contributed by atoms with E-state index in [0.717, 1.165) is 11.1 Å². The van der Waals surface area contributed by atoms with Gasteiger partial charge in [0.25, 0.3) is 5.91 Å². The summed E-state index contributed by atoms with van der Waals surface area (Å²) in [5.41, 5.74) is 2.47. The molecular formula is C19H20ClNO4. The van der Waals surface area contributed by atoms with Crippen LogP contribution in [0.1, 0.15) is 18.1 Å². The van der Waals surface area contributed by atoms with Gasteiger partial charge in [0.1, 0.15) is 5.75 Å². The highest BCUT2D eigenvalue weighted by Crippen LogP contribution is 2.22. The number of rotatable bonds is 6. The molecule has 1 atom stereocenters. The number of aryl methyl sites for hydroxylation is 2. The van der Waals surface area contributed by atoms with Gasteiger partial charge in [-0.25, -0.2) is 4.79 Å². The Balaban J connectivity index is 1.83. The van der Waals surface area contributed by atoms with Crippen molar-refractivity contribution in [3.63, 3.8) is 0 Å². The molecule has 0 spiro atoms. The monoisotopic (exact) mass is 361 g/mol. The maximum absolute atomic E-state index is 11.9. The maximum Gasteiger partial charge on any atom is 0.347 e. The van der Waals surface area contributed by atoms with Gasteiger partial charge < -0.3 is 14.8 Å².